The van der Waals surface area contributed by atoms with E-state index in [-0.39, 0.29) is 12.7 Å². The number of hydrogen-bond donors (Lipinski definition) is 1. The summed E-state index contributed by atoms with van der Waals surface area (Å²) in [5, 5.41) is 2.94. The number of carbonyl (C=O) groups excluding carboxylic acids is 1. The summed E-state index contributed by atoms with van der Waals surface area (Å²) in [4.78, 5) is 13.0. The number of anilines is 1. The zero-order valence-electron chi connectivity index (χ0n) is 15.3. The van der Waals surface area contributed by atoms with Gasteiger partial charge in [0.1, 0.15) is 5.69 Å². The highest BCUT2D eigenvalue weighted by atomic mass is 16.7. The van der Waals surface area contributed by atoms with Gasteiger partial charge in [-0.15, -0.1) is 0 Å². The minimum atomic E-state index is -0.209. The van der Waals surface area contributed by atoms with Gasteiger partial charge in [0.2, 0.25) is 6.79 Å². The predicted octanol–water partition coefficient (Wildman–Crippen LogP) is 4.57. The van der Waals surface area contributed by atoms with Gasteiger partial charge in [-0.05, 0) is 30.2 Å². The van der Waals surface area contributed by atoms with Crippen molar-refractivity contribution in [1.29, 1.82) is 0 Å². The van der Waals surface area contributed by atoms with Crippen molar-refractivity contribution in [3.8, 4) is 11.5 Å². The molecule has 0 radical (unpaired) electrons. The fourth-order valence-electron chi connectivity index (χ4n) is 3.46. The first kappa shape index (κ1) is 16.5. The Morgan fingerprint density at radius 1 is 1.07 bits per heavy atom. The van der Waals surface area contributed by atoms with Crippen LogP contribution in [0, 0.1) is 6.92 Å². The molecule has 28 heavy (non-hydrogen) atoms. The van der Waals surface area contributed by atoms with E-state index in [2.05, 4.69) is 24.4 Å². The molecule has 5 rings (SSSR count). The number of benzene rings is 2. The topological polar surface area (TPSA) is 65.6 Å². The van der Waals surface area contributed by atoms with Crippen LogP contribution in [0.1, 0.15) is 21.6 Å². The summed E-state index contributed by atoms with van der Waals surface area (Å²) in [6.07, 6.45) is 1.64. The lowest BCUT2D eigenvalue weighted by Gasteiger charge is -2.12. The van der Waals surface area contributed by atoms with Crippen LogP contribution in [0.2, 0.25) is 0 Å². The maximum Gasteiger partial charge on any atom is 0.272 e. The molecule has 1 aliphatic rings. The molecule has 0 saturated heterocycles. The molecule has 1 N–H and O–H groups in total. The van der Waals surface area contributed by atoms with Gasteiger partial charge in [0.05, 0.1) is 11.8 Å². The fraction of sp³-hybridized carbons (Fsp3) is 0.136. The number of rotatable bonds is 4. The number of aromatic nitrogens is 1. The predicted molar refractivity (Wildman–Crippen MR) is 105 cm³/mol. The molecule has 0 atom stereocenters. The van der Waals surface area contributed by atoms with Gasteiger partial charge in [-0.2, -0.15) is 0 Å². The van der Waals surface area contributed by atoms with Gasteiger partial charge in [-0.3, -0.25) is 4.79 Å². The summed E-state index contributed by atoms with van der Waals surface area (Å²) in [6.45, 7) is 2.85. The van der Waals surface area contributed by atoms with Crippen molar-refractivity contribution >= 4 is 22.7 Å². The molecule has 0 aliphatic carbocycles. The molecular weight excluding hydrogens is 356 g/mol. The molecule has 0 bridgehead atoms. The average Bonchev–Trinajstić information content (AvgIpc) is 3.40. The third kappa shape index (κ3) is 2.79. The Morgan fingerprint density at radius 3 is 2.82 bits per heavy atom. The zero-order valence-corrected chi connectivity index (χ0v) is 15.3. The minimum Gasteiger partial charge on any atom is -0.463 e. The molecule has 1 aliphatic heterocycles. The number of amides is 1. The van der Waals surface area contributed by atoms with Gasteiger partial charge in [0.25, 0.3) is 5.91 Å². The van der Waals surface area contributed by atoms with E-state index in [9.17, 15) is 4.79 Å². The van der Waals surface area contributed by atoms with Crippen molar-refractivity contribution in [3.05, 3.63) is 77.7 Å². The van der Waals surface area contributed by atoms with Gasteiger partial charge in [0.15, 0.2) is 17.1 Å². The van der Waals surface area contributed by atoms with E-state index < -0.39 is 0 Å². The van der Waals surface area contributed by atoms with Crippen LogP contribution in [0.25, 0.3) is 11.1 Å². The number of hydrogen-bond acceptors (Lipinski definition) is 4. The molecule has 2 aromatic carbocycles. The highest BCUT2D eigenvalue weighted by Gasteiger charge is 2.20. The molecule has 1 amide bonds. The highest BCUT2D eigenvalue weighted by molar-refractivity contribution is 6.06. The molecule has 0 saturated carbocycles. The standard InChI is InChI=1S/C22H18N2O4/c1-14-4-2-3-5-15(14)12-24-17-8-9-26-20(17)11-18(24)22(25)23-16-6-7-19-21(10-16)28-13-27-19/h2-11H,12-13H2,1H3,(H,23,25). The first-order chi connectivity index (χ1) is 13.7. The van der Waals surface area contributed by atoms with Crippen LogP contribution < -0.4 is 14.8 Å². The third-order valence-electron chi connectivity index (χ3n) is 4.98. The second kappa shape index (κ2) is 6.49. The Morgan fingerprint density at radius 2 is 1.93 bits per heavy atom. The molecule has 2 aromatic heterocycles. The van der Waals surface area contributed by atoms with E-state index in [4.69, 9.17) is 13.9 Å². The van der Waals surface area contributed by atoms with Gasteiger partial charge in [-0.25, -0.2) is 0 Å². The SMILES string of the molecule is Cc1ccccc1Cn1c(C(=O)Nc2ccc3c(c2)OCO3)cc2occc21. The summed E-state index contributed by atoms with van der Waals surface area (Å²) in [5.41, 5.74) is 5.08. The lowest BCUT2D eigenvalue weighted by molar-refractivity contribution is 0.101. The third-order valence-corrected chi connectivity index (χ3v) is 4.98. The Kier molecular flexibility index (Phi) is 3.83. The molecule has 6 nitrogen and oxygen atoms in total. The molecular formula is C22H18N2O4. The Balaban J connectivity index is 1.49. The number of nitrogens with one attached hydrogen (secondary N) is 1. The Hall–Kier alpha value is -3.67. The Bertz CT molecular complexity index is 1190. The lowest BCUT2D eigenvalue weighted by Crippen LogP contribution is -2.17. The maximum atomic E-state index is 13.0. The van der Waals surface area contributed by atoms with Gasteiger partial charge in [-0.1, -0.05) is 24.3 Å². The second-order valence-corrected chi connectivity index (χ2v) is 6.73. The average molecular weight is 374 g/mol. The van der Waals surface area contributed by atoms with Crippen molar-refractivity contribution in [2.24, 2.45) is 0 Å². The van der Waals surface area contributed by atoms with E-state index in [1.807, 2.05) is 22.8 Å². The summed E-state index contributed by atoms with van der Waals surface area (Å²) in [6, 6.07) is 17.2. The lowest BCUT2D eigenvalue weighted by atomic mass is 10.1. The fourth-order valence-corrected chi connectivity index (χ4v) is 3.46. The molecule has 0 fully saturated rings. The smallest absolute Gasteiger partial charge is 0.272 e. The van der Waals surface area contributed by atoms with E-state index in [0.717, 1.165) is 11.1 Å². The van der Waals surface area contributed by atoms with Crippen LogP contribution in [-0.4, -0.2) is 17.3 Å². The van der Waals surface area contributed by atoms with Crippen LogP contribution in [0.3, 0.4) is 0 Å². The second-order valence-electron chi connectivity index (χ2n) is 6.73. The van der Waals surface area contributed by atoms with E-state index in [1.54, 1.807) is 30.5 Å². The minimum absolute atomic E-state index is 0.197. The van der Waals surface area contributed by atoms with E-state index >= 15 is 0 Å². The van der Waals surface area contributed by atoms with Crippen LogP contribution in [0.15, 0.2) is 65.3 Å². The van der Waals surface area contributed by atoms with Crippen molar-refractivity contribution in [3.63, 3.8) is 0 Å². The van der Waals surface area contributed by atoms with Gasteiger partial charge < -0.3 is 23.8 Å². The highest BCUT2D eigenvalue weighted by Crippen LogP contribution is 2.34. The molecule has 0 unspecified atom stereocenters. The van der Waals surface area contributed by atoms with Crippen molar-refractivity contribution in [2.75, 3.05) is 12.1 Å². The monoisotopic (exact) mass is 374 g/mol. The van der Waals surface area contributed by atoms with Crippen molar-refractivity contribution < 1.29 is 18.7 Å². The molecule has 0 spiro atoms. The van der Waals surface area contributed by atoms with Crippen LogP contribution in [-0.2, 0) is 6.54 Å². The summed E-state index contributed by atoms with van der Waals surface area (Å²) in [7, 11) is 0. The van der Waals surface area contributed by atoms with Crippen molar-refractivity contribution in [1.82, 2.24) is 4.57 Å². The maximum absolute atomic E-state index is 13.0. The number of carbonyl (C=O) groups is 1. The molecule has 140 valence electrons. The first-order valence-corrected chi connectivity index (χ1v) is 9.01. The number of aryl methyl sites for hydroxylation is 1. The van der Waals surface area contributed by atoms with Gasteiger partial charge in [0, 0.05) is 30.4 Å². The summed E-state index contributed by atoms with van der Waals surface area (Å²) < 4.78 is 18.2. The zero-order chi connectivity index (χ0) is 19.1. The largest absolute Gasteiger partial charge is 0.463 e. The van der Waals surface area contributed by atoms with Crippen LogP contribution in [0.4, 0.5) is 5.69 Å². The van der Waals surface area contributed by atoms with Crippen LogP contribution in [0.5, 0.6) is 11.5 Å². The molecule has 3 heterocycles. The summed E-state index contributed by atoms with van der Waals surface area (Å²) in [5.74, 6) is 1.10. The number of furan rings is 1. The number of fused-ring (bicyclic) bond motifs is 2. The molecule has 4 aromatic rings. The number of ether oxygens (including phenoxy) is 2. The number of nitrogens with zero attached hydrogens (tertiary/aromatic N) is 1. The quantitative estimate of drug-likeness (QED) is 0.568. The van der Waals surface area contributed by atoms with E-state index in [0.29, 0.717) is 35.0 Å². The van der Waals surface area contributed by atoms with E-state index in [1.165, 1.54) is 5.56 Å². The normalized spacial score (nSPS) is 12.5. The van der Waals surface area contributed by atoms with Crippen LogP contribution >= 0.6 is 0 Å². The molecule has 6 heteroatoms. The Labute approximate surface area is 161 Å². The first-order valence-electron chi connectivity index (χ1n) is 9.01. The van der Waals surface area contributed by atoms with Crippen molar-refractivity contribution in [2.45, 2.75) is 13.5 Å². The van der Waals surface area contributed by atoms with Gasteiger partial charge >= 0.3 is 0 Å². The summed E-state index contributed by atoms with van der Waals surface area (Å²) >= 11 is 0.